The normalized spacial score (nSPS) is 10.8. The maximum Gasteiger partial charge on any atom is 0.345 e. The van der Waals surface area contributed by atoms with Crippen LogP contribution in [0.1, 0.15) is 33.0 Å². The molecule has 0 saturated carbocycles. The zero-order valence-corrected chi connectivity index (χ0v) is 19.7. The second-order valence-corrected chi connectivity index (χ2v) is 8.11. The minimum absolute atomic E-state index is 0.0621. The first kappa shape index (κ1) is 22.8. The van der Waals surface area contributed by atoms with Crippen LogP contribution in [0.5, 0.6) is 0 Å². The highest BCUT2D eigenvalue weighted by Gasteiger charge is 2.28. The number of nitrogens with zero attached hydrogens (tertiary/aromatic N) is 3. The van der Waals surface area contributed by atoms with Crippen LogP contribution in [0.4, 0.5) is 11.7 Å². The van der Waals surface area contributed by atoms with E-state index in [1.165, 1.54) is 7.11 Å². The first-order valence-electron chi connectivity index (χ1n) is 10.1. The predicted molar refractivity (Wildman–Crippen MR) is 127 cm³/mol. The number of carbonyl (C=O) groups excluding carboxylic acids is 1. The third-order valence-corrected chi connectivity index (χ3v) is 5.69. The number of hydrogen-bond acceptors (Lipinski definition) is 7. The Labute approximate surface area is 200 Å². The van der Waals surface area contributed by atoms with Crippen molar-refractivity contribution in [2.45, 2.75) is 20.3 Å². The van der Waals surface area contributed by atoms with Crippen molar-refractivity contribution in [3.63, 3.8) is 0 Å². The van der Waals surface area contributed by atoms with Gasteiger partial charge in [0.25, 0.3) is 0 Å². The number of rotatable bonds is 6. The van der Waals surface area contributed by atoms with Crippen molar-refractivity contribution in [1.82, 2.24) is 15.1 Å². The molecule has 1 N–H and O–H groups in total. The lowest BCUT2D eigenvalue weighted by Gasteiger charge is -2.13. The molecule has 0 aliphatic carbocycles. The van der Waals surface area contributed by atoms with Crippen LogP contribution in [0, 0.1) is 13.8 Å². The number of benzene rings is 2. The first-order chi connectivity index (χ1) is 15.9. The summed E-state index contributed by atoms with van der Waals surface area (Å²) < 4.78 is 10.5. The van der Waals surface area contributed by atoms with Gasteiger partial charge in [0.2, 0.25) is 5.88 Å². The molecule has 2 aromatic carbocycles. The number of aryl methyl sites for hydroxylation is 2. The first-order valence-corrected chi connectivity index (χ1v) is 10.8. The van der Waals surface area contributed by atoms with Gasteiger partial charge in [-0.05, 0) is 31.5 Å². The number of halogens is 2. The van der Waals surface area contributed by atoms with Crippen molar-refractivity contribution in [3.05, 3.63) is 86.8 Å². The highest BCUT2D eigenvalue weighted by molar-refractivity contribution is 6.39. The van der Waals surface area contributed by atoms with Crippen LogP contribution >= 0.6 is 23.2 Å². The van der Waals surface area contributed by atoms with Gasteiger partial charge < -0.3 is 14.6 Å². The summed E-state index contributed by atoms with van der Waals surface area (Å²) in [6.45, 7) is 3.70. The standard InChI is InChI=1S/C24H20Cl2N4O3/c1-13-16(12-15-8-5-4-6-9-15)22(28-14(2)27-13)29-23-20(24(31)32-3)21(30-33-23)19-17(25)10-7-11-18(19)26/h4-11H,12H2,1-3H3,(H,27,28,29). The number of anilines is 2. The molecule has 2 heterocycles. The van der Waals surface area contributed by atoms with Gasteiger partial charge in [-0.1, -0.05) is 64.8 Å². The molecule has 0 fully saturated rings. The Balaban J connectivity index is 1.82. The Morgan fingerprint density at radius 3 is 2.39 bits per heavy atom. The molecular formula is C24H20Cl2N4O3. The highest BCUT2D eigenvalue weighted by Crippen LogP contribution is 2.39. The molecule has 0 spiro atoms. The average Bonchev–Trinajstić information content (AvgIpc) is 3.19. The van der Waals surface area contributed by atoms with Crippen LogP contribution in [-0.2, 0) is 11.2 Å². The number of esters is 1. The van der Waals surface area contributed by atoms with Gasteiger partial charge in [0.05, 0.1) is 17.2 Å². The molecule has 2 aromatic heterocycles. The quantitative estimate of drug-likeness (QED) is 0.328. The largest absolute Gasteiger partial charge is 0.465 e. The fraction of sp³-hybridized carbons (Fsp3) is 0.167. The van der Waals surface area contributed by atoms with Crippen molar-refractivity contribution >= 4 is 40.9 Å². The molecule has 0 unspecified atom stereocenters. The van der Waals surface area contributed by atoms with E-state index in [2.05, 4.69) is 20.4 Å². The summed E-state index contributed by atoms with van der Waals surface area (Å²) in [4.78, 5) is 21.8. The van der Waals surface area contributed by atoms with E-state index < -0.39 is 5.97 Å². The summed E-state index contributed by atoms with van der Waals surface area (Å²) in [5.41, 5.74) is 3.36. The maximum atomic E-state index is 12.7. The molecule has 33 heavy (non-hydrogen) atoms. The number of methoxy groups -OCH3 is 1. The molecule has 0 bridgehead atoms. The highest BCUT2D eigenvalue weighted by atomic mass is 35.5. The Morgan fingerprint density at radius 2 is 1.73 bits per heavy atom. The number of hydrogen-bond donors (Lipinski definition) is 1. The Morgan fingerprint density at radius 1 is 1.03 bits per heavy atom. The molecule has 0 saturated heterocycles. The van der Waals surface area contributed by atoms with Crippen LogP contribution in [-0.4, -0.2) is 28.2 Å². The number of carbonyl (C=O) groups is 1. The Hall–Kier alpha value is -3.42. The molecular weight excluding hydrogens is 463 g/mol. The van der Waals surface area contributed by atoms with E-state index in [0.717, 1.165) is 16.8 Å². The molecule has 4 rings (SSSR count). The van der Waals surface area contributed by atoms with Gasteiger partial charge in [-0.15, -0.1) is 0 Å². The van der Waals surface area contributed by atoms with Crippen molar-refractivity contribution in [2.24, 2.45) is 0 Å². The molecule has 0 amide bonds. The molecule has 0 atom stereocenters. The van der Waals surface area contributed by atoms with E-state index in [1.807, 2.05) is 37.3 Å². The van der Waals surface area contributed by atoms with Crippen LogP contribution in [0.15, 0.2) is 53.1 Å². The molecule has 9 heteroatoms. The van der Waals surface area contributed by atoms with Crippen molar-refractivity contribution in [1.29, 1.82) is 0 Å². The summed E-state index contributed by atoms with van der Waals surface area (Å²) in [6.07, 6.45) is 0.584. The Kier molecular flexibility index (Phi) is 6.62. The smallest absolute Gasteiger partial charge is 0.345 e. The van der Waals surface area contributed by atoms with E-state index in [1.54, 1.807) is 25.1 Å². The Bertz CT molecular complexity index is 1300. The zero-order chi connectivity index (χ0) is 23.5. The summed E-state index contributed by atoms with van der Waals surface area (Å²) >= 11 is 12.7. The minimum Gasteiger partial charge on any atom is -0.465 e. The average molecular weight is 483 g/mol. The second-order valence-electron chi connectivity index (χ2n) is 7.29. The van der Waals surface area contributed by atoms with Gasteiger partial charge in [0.1, 0.15) is 17.3 Å². The van der Waals surface area contributed by atoms with E-state index in [4.69, 9.17) is 32.5 Å². The van der Waals surface area contributed by atoms with E-state index in [9.17, 15) is 4.79 Å². The molecule has 7 nitrogen and oxygen atoms in total. The summed E-state index contributed by atoms with van der Waals surface area (Å²) in [5, 5.41) is 7.85. The van der Waals surface area contributed by atoms with E-state index in [0.29, 0.717) is 33.7 Å². The summed E-state index contributed by atoms with van der Waals surface area (Å²) in [6, 6.07) is 15.0. The van der Waals surface area contributed by atoms with E-state index in [-0.39, 0.29) is 17.1 Å². The van der Waals surface area contributed by atoms with Crippen LogP contribution in [0.2, 0.25) is 10.0 Å². The number of ether oxygens (including phenoxy) is 1. The fourth-order valence-electron chi connectivity index (χ4n) is 3.52. The summed E-state index contributed by atoms with van der Waals surface area (Å²) in [5.74, 6) is 0.485. The molecule has 168 valence electrons. The fourth-order valence-corrected chi connectivity index (χ4v) is 4.10. The topological polar surface area (TPSA) is 90.1 Å². The number of aromatic nitrogens is 3. The molecule has 0 radical (unpaired) electrons. The monoisotopic (exact) mass is 482 g/mol. The third kappa shape index (κ3) is 4.69. The van der Waals surface area contributed by atoms with Gasteiger partial charge >= 0.3 is 5.97 Å². The van der Waals surface area contributed by atoms with Gasteiger partial charge in [-0.2, -0.15) is 0 Å². The molecule has 0 aliphatic heterocycles. The van der Waals surface area contributed by atoms with Gasteiger partial charge in [-0.25, -0.2) is 14.8 Å². The third-order valence-electron chi connectivity index (χ3n) is 5.06. The molecule has 0 aliphatic rings. The number of nitrogens with one attached hydrogen (secondary N) is 1. The van der Waals surface area contributed by atoms with Crippen LogP contribution in [0.3, 0.4) is 0 Å². The minimum atomic E-state index is -0.656. The van der Waals surface area contributed by atoms with Crippen molar-refractivity contribution in [2.75, 3.05) is 12.4 Å². The SMILES string of the molecule is COC(=O)c1c(-c2c(Cl)cccc2Cl)noc1Nc1nc(C)nc(C)c1Cc1ccccc1. The zero-order valence-electron chi connectivity index (χ0n) is 18.1. The van der Waals surface area contributed by atoms with Gasteiger partial charge in [-0.3, -0.25) is 0 Å². The van der Waals surface area contributed by atoms with Gasteiger partial charge in [0, 0.05) is 23.2 Å². The van der Waals surface area contributed by atoms with Crippen LogP contribution in [0.25, 0.3) is 11.3 Å². The van der Waals surface area contributed by atoms with Gasteiger partial charge in [0.15, 0.2) is 5.56 Å². The van der Waals surface area contributed by atoms with Crippen LogP contribution < -0.4 is 5.32 Å². The lowest BCUT2D eigenvalue weighted by Crippen LogP contribution is -2.09. The maximum absolute atomic E-state index is 12.7. The predicted octanol–water partition coefficient (Wildman–Crippen LogP) is 6.18. The lowest BCUT2D eigenvalue weighted by atomic mass is 10.0. The van der Waals surface area contributed by atoms with E-state index >= 15 is 0 Å². The summed E-state index contributed by atoms with van der Waals surface area (Å²) in [7, 11) is 1.27. The second kappa shape index (κ2) is 9.60. The lowest BCUT2D eigenvalue weighted by molar-refractivity contribution is 0.0602. The van der Waals surface area contributed by atoms with Crippen molar-refractivity contribution in [3.8, 4) is 11.3 Å². The molecule has 4 aromatic rings. The van der Waals surface area contributed by atoms with Crippen molar-refractivity contribution < 1.29 is 14.1 Å².